The molecule has 0 aliphatic carbocycles. The van der Waals surface area contributed by atoms with E-state index >= 15 is 0 Å². The van der Waals surface area contributed by atoms with E-state index in [2.05, 4.69) is 0 Å². The highest BCUT2D eigenvalue weighted by atomic mass is 35.5. The third-order valence-electron chi connectivity index (χ3n) is 4.53. The van der Waals surface area contributed by atoms with Gasteiger partial charge in [0.05, 0.1) is 5.02 Å². The zero-order valence-corrected chi connectivity index (χ0v) is 15.5. The molecule has 1 heterocycles. The lowest BCUT2D eigenvalue weighted by Gasteiger charge is -2.12. The van der Waals surface area contributed by atoms with Crippen molar-refractivity contribution in [1.82, 2.24) is 0 Å². The molecule has 0 aliphatic rings. The molecule has 134 valence electrons. The molecular formula is C23H17ClO3. The lowest BCUT2D eigenvalue weighted by atomic mass is 10.0. The summed E-state index contributed by atoms with van der Waals surface area (Å²) in [4.78, 5) is 12.1. The van der Waals surface area contributed by atoms with Crippen molar-refractivity contribution in [2.45, 2.75) is 13.5 Å². The van der Waals surface area contributed by atoms with Gasteiger partial charge in [0.1, 0.15) is 17.9 Å². The molecular weight excluding hydrogens is 360 g/mol. The molecule has 0 N–H and O–H groups in total. The highest BCUT2D eigenvalue weighted by Crippen LogP contribution is 2.35. The number of ether oxygens (including phenoxy) is 1. The Morgan fingerprint density at radius 3 is 2.48 bits per heavy atom. The molecule has 4 aromatic rings. The Morgan fingerprint density at radius 2 is 1.70 bits per heavy atom. The van der Waals surface area contributed by atoms with Crippen LogP contribution in [0.5, 0.6) is 5.75 Å². The zero-order chi connectivity index (χ0) is 18.8. The fourth-order valence-electron chi connectivity index (χ4n) is 3.06. The van der Waals surface area contributed by atoms with Crippen LogP contribution in [0.4, 0.5) is 0 Å². The summed E-state index contributed by atoms with van der Waals surface area (Å²) in [5.74, 6) is 0.487. The van der Waals surface area contributed by atoms with Gasteiger partial charge in [-0.3, -0.25) is 0 Å². The zero-order valence-electron chi connectivity index (χ0n) is 14.7. The largest absolute Gasteiger partial charge is 0.487 e. The van der Waals surface area contributed by atoms with E-state index in [1.165, 1.54) is 6.07 Å². The van der Waals surface area contributed by atoms with E-state index in [-0.39, 0.29) is 0 Å². The van der Waals surface area contributed by atoms with E-state index in [1.54, 1.807) is 12.1 Å². The molecule has 0 saturated carbocycles. The highest BCUT2D eigenvalue weighted by molar-refractivity contribution is 6.33. The summed E-state index contributed by atoms with van der Waals surface area (Å²) in [5, 5.41) is 1.25. The summed E-state index contributed by atoms with van der Waals surface area (Å²) >= 11 is 6.46. The number of hydrogen-bond donors (Lipinski definition) is 0. The molecule has 0 unspecified atom stereocenters. The fraction of sp³-hybridized carbons (Fsp3) is 0.0870. The summed E-state index contributed by atoms with van der Waals surface area (Å²) in [6.07, 6.45) is 0. The second-order valence-electron chi connectivity index (χ2n) is 6.34. The molecule has 0 radical (unpaired) electrons. The molecule has 4 rings (SSSR count). The van der Waals surface area contributed by atoms with Gasteiger partial charge in [0.15, 0.2) is 0 Å². The van der Waals surface area contributed by atoms with E-state index in [9.17, 15) is 4.79 Å². The van der Waals surface area contributed by atoms with Gasteiger partial charge >= 0.3 is 5.63 Å². The Hall–Kier alpha value is -3.04. The number of benzene rings is 3. The van der Waals surface area contributed by atoms with Crippen molar-refractivity contribution < 1.29 is 9.15 Å². The molecule has 0 saturated heterocycles. The molecule has 27 heavy (non-hydrogen) atoms. The maximum absolute atomic E-state index is 12.1. The van der Waals surface area contributed by atoms with Gasteiger partial charge in [-0.25, -0.2) is 4.79 Å². The van der Waals surface area contributed by atoms with Crippen LogP contribution in [0, 0.1) is 6.92 Å². The molecule has 0 amide bonds. The van der Waals surface area contributed by atoms with Crippen molar-refractivity contribution in [3.8, 4) is 16.9 Å². The van der Waals surface area contributed by atoms with Gasteiger partial charge in [-0.15, -0.1) is 0 Å². The molecule has 3 nitrogen and oxygen atoms in total. The average Bonchev–Trinajstić information content (AvgIpc) is 2.68. The van der Waals surface area contributed by atoms with Gasteiger partial charge in [0.25, 0.3) is 0 Å². The molecule has 0 bridgehead atoms. The first-order valence-electron chi connectivity index (χ1n) is 8.62. The van der Waals surface area contributed by atoms with Crippen LogP contribution in [0.1, 0.15) is 11.1 Å². The van der Waals surface area contributed by atoms with Crippen molar-refractivity contribution in [1.29, 1.82) is 0 Å². The lowest BCUT2D eigenvalue weighted by Crippen LogP contribution is -2.01. The Labute approximate surface area is 161 Å². The second-order valence-corrected chi connectivity index (χ2v) is 6.75. The predicted molar refractivity (Wildman–Crippen MR) is 108 cm³/mol. The first kappa shape index (κ1) is 17.4. The van der Waals surface area contributed by atoms with E-state index in [0.717, 1.165) is 27.6 Å². The van der Waals surface area contributed by atoms with Crippen molar-refractivity contribution >= 4 is 22.6 Å². The Bertz CT molecular complexity index is 1160. The van der Waals surface area contributed by atoms with Gasteiger partial charge in [-0.2, -0.15) is 0 Å². The normalized spacial score (nSPS) is 10.9. The number of aryl methyl sites for hydroxylation is 1. The summed E-state index contributed by atoms with van der Waals surface area (Å²) < 4.78 is 11.3. The lowest BCUT2D eigenvalue weighted by molar-refractivity contribution is 0.305. The quantitative estimate of drug-likeness (QED) is 0.410. The first-order valence-corrected chi connectivity index (χ1v) is 9.00. The van der Waals surface area contributed by atoms with Crippen LogP contribution in [-0.4, -0.2) is 0 Å². The van der Waals surface area contributed by atoms with Crippen molar-refractivity contribution in [2.75, 3.05) is 0 Å². The maximum atomic E-state index is 12.1. The van der Waals surface area contributed by atoms with Crippen LogP contribution < -0.4 is 10.4 Å². The predicted octanol–water partition coefficient (Wildman–Crippen LogP) is 6.00. The van der Waals surface area contributed by atoms with Crippen LogP contribution in [0.2, 0.25) is 5.02 Å². The Kier molecular flexibility index (Phi) is 4.69. The standard InChI is InChI=1S/C23H17ClO3/c1-15-7-5-6-10-17(15)14-26-22-13-21-19(11-20(22)24)18(12-23(25)27-21)16-8-3-2-4-9-16/h2-13H,14H2,1H3. The number of halogens is 1. The van der Waals surface area contributed by atoms with Gasteiger partial charge in [0, 0.05) is 17.5 Å². The summed E-state index contributed by atoms with van der Waals surface area (Å²) in [5.41, 5.74) is 3.98. The summed E-state index contributed by atoms with van der Waals surface area (Å²) in [7, 11) is 0. The van der Waals surface area contributed by atoms with Crippen LogP contribution in [-0.2, 0) is 6.61 Å². The first-order chi connectivity index (χ1) is 13.1. The third kappa shape index (κ3) is 3.60. The SMILES string of the molecule is Cc1ccccc1COc1cc2oc(=O)cc(-c3ccccc3)c2cc1Cl. The molecule has 0 fully saturated rings. The highest BCUT2D eigenvalue weighted by Gasteiger charge is 2.13. The van der Waals surface area contributed by atoms with Gasteiger partial charge in [0.2, 0.25) is 0 Å². The summed E-state index contributed by atoms with van der Waals surface area (Å²) in [6, 6.07) is 22.6. The average molecular weight is 377 g/mol. The van der Waals surface area contributed by atoms with Gasteiger partial charge < -0.3 is 9.15 Å². The molecule has 3 aromatic carbocycles. The third-order valence-corrected chi connectivity index (χ3v) is 4.82. The molecule has 0 aliphatic heterocycles. The van der Waals surface area contributed by atoms with E-state index < -0.39 is 5.63 Å². The topological polar surface area (TPSA) is 39.4 Å². The molecule has 0 atom stereocenters. The van der Waals surface area contributed by atoms with Crippen molar-refractivity contribution in [2.24, 2.45) is 0 Å². The smallest absolute Gasteiger partial charge is 0.336 e. The number of rotatable bonds is 4. The minimum Gasteiger partial charge on any atom is -0.487 e. The van der Waals surface area contributed by atoms with E-state index in [1.807, 2.05) is 61.5 Å². The van der Waals surface area contributed by atoms with Crippen LogP contribution in [0.3, 0.4) is 0 Å². The Morgan fingerprint density at radius 1 is 0.963 bits per heavy atom. The van der Waals surface area contributed by atoms with Gasteiger partial charge in [-0.1, -0.05) is 66.2 Å². The van der Waals surface area contributed by atoms with Crippen molar-refractivity contribution in [3.63, 3.8) is 0 Å². The minimum atomic E-state index is -0.409. The van der Waals surface area contributed by atoms with E-state index in [0.29, 0.717) is 23.0 Å². The van der Waals surface area contributed by atoms with Crippen LogP contribution in [0.15, 0.2) is 82.0 Å². The molecule has 1 aromatic heterocycles. The molecule has 4 heteroatoms. The number of fused-ring (bicyclic) bond motifs is 1. The van der Waals surface area contributed by atoms with E-state index in [4.69, 9.17) is 20.8 Å². The van der Waals surface area contributed by atoms with Crippen molar-refractivity contribution in [3.05, 3.63) is 99.4 Å². The monoisotopic (exact) mass is 376 g/mol. The van der Waals surface area contributed by atoms with Gasteiger partial charge in [-0.05, 0) is 35.2 Å². The molecule has 0 spiro atoms. The number of hydrogen-bond acceptors (Lipinski definition) is 3. The minimum absolute atomic E-state index is 0.389. The van der Waals surface area contributed by atoms with Crippen LogP contribution >= 0.6 is 11.6 Å². The maximum Gasteiger partial charge on any atom is 0.336 e. The fourth-order valence-corrected chi connectivity index (χ4v) is 3.28. The summed E-state index contributed by atoms with van der Waals surface area (Å²) in [6.45, 7) is 2.42. The Balaban J connectivity index is 1.76. The van der Waals surface area contributed by atoms with Crippen LogP contribution in [0.25, 0.3) is 22.1 Å². The second kappa shape index (κ2) is 7.29.